The smallest absolute Gasteiger partial charge is 0.0673 e. The van der Waals surface area contributed by atoms with Crippen LogP contribution in [0.5, 0.6) is 0 Å². The fourth-order valence-corrected chi connectivity index (χ4v) is 2.58. The predicted octanol–water partition coefficient (Wildman–Crippen LogP) is 2.25. The molecule has 102 valence electrons. The van der Waals surface area contributed by atoms with Gasteiger partial charge in [0.05, 0.1) is 6.10 Å². The van der Waals surface area contributed by atoms with Crippen LogP contribution in [0, 0.1) is 5.41 Å². The van der Waals surface area contributed by atoms with Gasteiger partial charge in [-0.15, -0.1) is 0 Å². The molecule has 17 heavy (non-hydrogen) atoms. The van der Waals surface area contributed by atoms with E-state index in [1.54, 1.807) is 0 Å². The molecule has 1 atom stereocenters. The number of hydrogen-bond donors (Lipinski definition) is 1. The maximum absolute atomic E-state index is 5.66. The molecule has 0 spiro atoms. The molecule has 1 aliphatic heterocycles. The van der Waals surface area contributed by atoms with Gasteiger partial charge in [0.2, 0.25) is 0 Å². The molecule has 1 fully saturated rings. The molecule has 1 aliphatic rings. The van der Waals surface area contributed by atoms with E-state index in [1.165, 1.54) is 32.4 Å². The first kappa shape index (κ1) is 14.9. The molecule has 1 unspecified atom stereocenters. The van der Waals surface area contributed by atoms with Crippen molar-refractivity contribution in [1.82, 2.24) is 4.90 Å². The van der Waals surface area contributed by atoms with Crippen LogP contribution in [0.4, 0.5) is 0 Å². The lowest BCUT2D eigenvalue weighted by Gasteiger charge is -2.27. The maximum Gasteiger partial charge on any atom is 0.0673 e. The molecule has 1 heterocycles. The van der Waals surface area contributed by atoms with Crippen LogP contribution in [0.15, 0.2) is 0 Å². The number of ether oxygens (including phenoxy) is 1. The summed E-state index contributed by atoms with van der Waals surface area (Å²) in [6.07, 6.45) is 5.26. The lowest BCUT2D eigenvalue weighted by molar-refractivity contribution is 0.0671. The molecule has 0 aliphatic carbocycles. The Kier molecular flexibility index (Phi) is 6.45. The Morgan fingerprint density at radius 2 is 2.12 bits per heavy atom. The number of nitrogens with zero attached hydrogens (tertiary/aromatic N) is 1. The highest BCUT2D eigenvalue weighted by Gasteiger charge is 2.18. The molecule has 0 aromatic heterocycles. The van der Waals surface area contributed by atoms with E-state index in [0.717, 1.165) is 26.1 Å². The molecule has 3 nitrogen and oxygen atoms in total. The van der Waals surface area contributed by atoms with Gasteiger partial charge in [0, 0.05) is 19.7 Å². The SMILES string of the molecule is CC1CN(CCCC(C)(C)CCN)CCCO1. The highest BCUT2D eigenvalue weighted by Crippen LogP contribution is 2.26. The van der Waals surface area contributed by atoms with Crippen LogP contribution in [-0.4, -0.2) is 43.8 Å². The summed E-state index contributed by atoms with van der Waals surface area (Å²) in [5.74, 6) is 0. The van der Waals surface area contributed by atoms with E-state index in [0.29, 0.717) is 11.5 Å². The Bertz CT molecular complexity index is 206. The summed E-state index contributed by atoms with van der Waals surface area (Å²) in [5, 5.41) is 0. The van der Waals surface area contributed by atoms with E-state index in [9.17, 15) is 0 Å². The van der Waals surface area contributed by atoms with Crippen molar-refractivity contribution in [2.45, 2.75) is 52.6 Å². The van der Waals surface area contributed by atoms with Crippen LogP contribution in [0.2, 0.25) is 0 Å². The number of hydrogen-bond acceptors (Lipinski definition) is 3. The Balaban J connectivity index is 2.20. The van der Waals surface area contributed by atoms with E-state index in [2.05, 4.69) is 25.7 Å². The van der Waals surface area contributed by atoms with Crippen molar-refractivity contribution >= 4 is 0 Å². The maximum atomic E-state index is 5.66. The van der Waals surface area contributed by atoms with Crippen molar-refractivity contribution in [3.8, 4) is 0 Å². The van der Waals surface area contributed by atoms with E-state index >= 15 is 0 Å². The summed E-state index contributed by atoms with van der Waals surface area (Å²) in [7, 11) is 0. The third-order valence-corrected chi connectivity index (χ3v) is 3.69. The van der Waals surface area contributed by atoms with Crippen LogP contribution in [0.25, 0.3) is 0 Å². The molecule has 0 amide bonds. The van der Waals surface area contributed by atoms with Gasteiger partial charge in [0.25, 0.3) is 0 Å². The molecule has 0 aromatic carbocycles. The normalized spacial score (nSPS) is 23.6. The van der Waals surface area contributed by atoms with Crippen molar-refractivity contribution in [3.63, 3.8) is 0 Å². The fourth-order valence-electron chi connectivity index (χ4n) is 2.58. The summed E-state index contributed by atoms with van der Waals surface area (Å²) < 4.78 is 5.66. The van der Waals surface area contributed by atoms with Crippen molar-refractivity contribution < 1.29 is 4.74 Å². The summed E-state index contributed by atoms with van der Waals surface area (Å²) >= 11 is 0. The number of nitrogens with two attached hydrogens (primary N) is 1. The zero-order chi connectivity index (χ0) is 12.7. The number of rotatable bonds is 6. The summed E-state index contributed by atoms with van der Waals surface area (Å²) in [6, 6.07) is 0. The van der Waals surface area contributed by atoms with Gasteiger partial charge in [-0.3, -0.25) is 0 Å². The van der Waals surface area contributed by atoms with E-state index in [4.69, 9.17) is 10.5 Å². The third-order valence-electron chi connectivity index (χ3n) is 3.69. The van der Waals surface area contributed by atoms with Crippen LogP contribution in [-0.2, 0) is 4.74 Å². The first-order valence-electron chi connectivity index (χ1n) is 7.07. The zero-order valence-electron chi connectivity index (χ0n) is 11.9. The molecule has 1 saturated heterocycles. The van der Waals surface area contributed by atoms with Gasteiger partial charge in [0.15, 0.2) is 0 Å². The van der Waals surface area contributed by atoms with Crippen LogP contribution in [0.1, 0.15) is 46.5 Å². The van der Waals surface area contributed by atoms with Gasteiger partial charge < -0.3 is 15.4 Å². The molecule has 0 saturated carbocycles. The van der Waals surface area contributed by atoms with Crippen LogP contribution in [0.3, 0.4) is 0 Å². The van der Waals surface area contributed by atoms with Gasteiger partial charge in [-0.25, -0.2) is 0 Å². The molecule has 0 aromatic rings. The van der Waals surface area contributed by atoms with E-state index in [1.807, 2.05) is 0 Å². The Labute approximate surface area is 107 Å². The van der Waals surface area contributed by atoms with Crippen LogP contribution >= 0.6 is 0 Å². The zero-order valence-corrected chi connectivity index (χ0v) is 11.9. The van der Waals surface area contributed by atoms with Crippen molar-refractivity contribution in [3.05, 3.63) is 0 Å². The molecule has 3 heteroatoms. The topological polar surface area (TPSA) is 38.5 Å². The lowest BCUT2D eigenvalue weighted by atomic mass is 9.84. The first-order valence-corrected chi connectivity index (χ1v) is 7.07. The van der Waals surface area contributed by atoms with Gasteiger partial charge in [-0.2, -0.15) is 0 Å². The minimum atomic E-state index is 0.398. The summed E-state index contributed by atoms with van der Waals surface area (Å²) in [4.78, 5) is 2.55. The third kappa shape index (κ3) is 6.39. The lowest BCUT2D eigenvalue weighted by Crippen LogP contribution is -2.31. The second-order valence-electron chi connectivity index (χ2n) is 6.14. The van der Waals surface area contributed by atoms with Crippen molar-refractivity contribution in [1.29, 1.82) is 0 Å². The molecule has 1 rings (SSSR count). The second-order valence-corrected chi connectivity index (χ2v) is 6.14. The minimum Gasteiger partial charge on any atom is -0.377 e. The largest absolute Gasteiger partial charge is 0.377 e. The predicted molar refractivity (Wildman–Crippen MR) is 73.2 cm³/mol. The van der Waals surface area contributed by atoms with Gasteiger partial charge in [-0.1, -0.05) is 13.8 Å². The first-order chi connectivity index (χ1) is 8.03. The summed E-state index contributed by atoms with van der Waals surface area (Å²) in [6.45, 7) is 12.1. The van der Waals surface area contributed by atoms with E-state index in [-0.39, 0.29) is 0 Å². The second kappa shape index (κ2) is 7.34. The standard InChI is InChI=1S/C14H30N2O/c1-13-12-16(10-5-11-17-13)9-4-6-14(2,3)7-8-15/h13H,4-12,15H2,1-3H3. The van der Waals surface area contributed by atoms with Gasteiger partial charge in [-0.05, 0) is 51.1 Å². The minimum absolute atomic E-state index is 0.398. The molecular formula is C14H30N2O. The summed E-state index contributed by atoms with van der Waals surface area (Å²) in [5.41, 5.74) is 6.05. The molecule has 0 radical (unpaired) electrons. The average molecular weight is 242 g/mol. The molecule has 2 N–H and O–H groups in total. The molecular weight excluding hydrogens is 212 g/mol. The van der Waals surface area contributed by atoms with Crippen LogP contribution < -0.4 is 5.73 Å². The average Bonchev–Trinajstić information content (AvgIpc) is 2.42. The van der Waals surface area contributed by atoms with E-state index < -0.39 is 0 Å². The highest BCUT2D eigenvalue weighted by atomic mass is 16.5. The van der Waals surface area contributed by atoms with Gasteiger partial charge in [0.1, 0.15) is 0 Å². The Hall–Kier alpha value is -0.120. The highest BCUT2D eigenvalue weighted by molar-refractivity contribution is 4.72. The quantitative estimate of drug-likeness (QED) is 0.776. The molecule has 0 bridgehead atoms. The fraction of sp³-hybridized carbons (Fsp3) is 1.00. The Morgan fingerprint density at radius 3 is 2.82 bits per heavy atom. The van der Waals surface area contributed by atoms with Crippen molar-refractivity contribution in [2.24, 2.45) is 11.1 Å². The monoisotopic (exact) mass is 242 g/mol. The van der Waals surface area contributed by atoms with Gasteiger partial charge >= 0.3 is 0 Å². The Morgan fingerprint density at radius 1 is 1.35 bits per heavy atom. The van der Waals surface area contributed by atoms with Crippen molar-refractivity contribution in [2.75, 3.05) is 32.8 Å².